The molecule has 0 saturated heterocycles. The lowest BCUT2D eigenvalue weighted by Crippen LogP contribution is -2.11. The fourth-order valence-corrected chi connectivity index (χ4v) is 1.86. The molecule has 0 aromatic carbocycles. The lowest BCUT2D eigenvalue weighted by Gasteiger charge is -2.06. The van der Waals surface area contributed by atoms with Gasteiger partial charge in [-0.2, -0.15) is 0 Å². The summed E-state index contributed by atoms with van der Waals surface area (Å²) in [5.41, 5.74) is 2.45. The van der Waals surface area contributed by atoms with E-state index in [0.29, 0.717) is 17.5 Å². The second kappa shape index (κ2) is 4.04. The third-order valence-corrected chi connectivity index (χ3v) is 2.52. The Balaban J connectivity index is 2.55. The topological polar surface area (TPSA) is 81.2 Å². The average molecular weight is 235 g/mol. The van der Waals surface area contributed by atoms with Gasteiger partial charge in [0, 0.05) is 12.6 Å². The van der Waals surface area contributed by atoms with Crippen LogP contribution >= 0.6 is 0 Å². The Morgan fingerprint density at radius 1 is 1.41 bits per heavy atom. The first-order valence-electron chi connectivity index (χ1n) is 5.18. The Hall–Kier alpha value is -2.11. The van der Waals surface area contributed by atoms with Crippen LogP contribution in [0.2, 0.25) is 0 Å². The minimum Gasteiger partial charge on any atom is -0.480 e. The molecule has 0 fully saturated rings. The predicted molar refractivity (Wildman–Crippen MR) is 59.6 cm³/mol. The Bertz CT molecular complexity index is 569. The summed E-state index contributed by atoms with van der Waals surface area (Å²) in [6.07, 6.45) is 0. The van der Waals surface area contributed by atoms with Crippen LogP contribution < -0.4 is 0 Å². The molecule has 17 heavy (non-hydrogen) atoms. The van der Waals surface area contributed by atoms with Crippen molar-refractivity contribution in [3.05, 3.63) is 23.2 Å². The number of hydrogen-bond donors (Lipinski definition) is 1. The molecule has 6 nitrogen and oxygen atoms in total. The third kappa shape index (κ3) is 2.06. The molecular formula is C11H13N3O3. The molecule has 1 N–H and O–H groups in total. The Kier molecular flexibility index (Phi) is 2.71. The molecule has 90 valence electrons. The molecule has 0 saturated carbocycles. The summed E-state index contributed by atoms with van der Waals surface area (Å²) in [6, 6.07) is 1.90. The van der Waals surface area contributed by atoms with E-state index in [1.165, 1.54) is 0 Å². The van der Waals surface area contributed by atoms with Crippen molar-refractivity contribution in [3.63, 3.8) is 0 Å². The van der Waals surface area contributed by atoms with E-state index in [2.05, 4.69) is 10.2 Å². The van der Waals surface area contributed by atoms with Crippen LogP contribution in [0.3, 0.4) is 0 Å². The molecule has 6 heteroatoms. The van der Waals surface area contributed by atoms with Gasteiger partial charge in [-0.1, -0.05) is 0 Å². The molecule has 0 aliphatic carbocycles. The van der Waals surface area contributed by atoms with E-state index in [-0.39, 0.29) is 6.54 Å². The van der Waals surface area contributed by atoms with Crippen LogP contribution in [0, 0.1) is 20.8 Å². The monoisotopic (exact) mass is 235 g/mol. The van der Waals surface area contributed by atoms with E-state index in [9.17, 15) is 4.79 Å². The van der Waals surface area contributed by atoms with Crippen molar-refractivity contribution >= 4 is 5.97 Å². The normalized spacial score (nSPS) is 10.8. The highest BCUT2D eigenvalue weighted by Gasteiger charge is 2.18. The van der Waals surface area contributed by atoms with E-state index in [1.807, 2.05) is 19.9 Å². The molecule has 2 aromatic rings. The SMILES string of the molecule is Cc1nnc(-c2c(C)cc(C)n2CC(=O)O)o1. The number of carboxylic acids is 1. The summed E-state index contributed by atoms with van der Waals surface area (Å²) in [6.45, 7) is 5.32. The molecule has 2 rings (SSSR count). The van der Waals surface area contributed by atoms with E-state index in [4.69, 9.17) is 9.52 Å². The molecule has 0 aliphatic rings. The average Bonchev–Trinajstić information content (AvgIpc) is 2.72. The first-order valence-corrected chi connectivity index (χ1v) is 5.18. The lowest BCUT2D eigenvalue weighted by atomic mass is 10.2. The molecule has 0 spiro atoms. The largest absolute Gasteiger partial charge is 0.480 e. The summed E-state index contributed by atoms with van der Waals surface area (Å²) >= 11 is 0. The number of aryl methyl sites for hydroxylation is 3. The molecule has 0 amide bonds. The Morgan fingerprint density at radius 2 is 2.12 bits per heavy atom. The van der Waals surface area contributed by atoms with Crippen molar-refractivity contribution in [3.8, 4) is 11.6 Å². The minimum atomic E-state index is -0.902. The van der Waals surface area contributed by atoms with Gasteiger partial charge >= 0.3 is 5.97 Å². The number of carboxylic acid groups (broad SMARTS) is 1. The maximum absolute atomic E-state index is 10.8. The summed E-state index contributed by atoms with van der Waals surface area (Å²) in [7, 11) is 0. The summed E-state index contributed by atoms with van der Waals surface area (Å²) in [5.74, 6) is -0.0873. The summed E-state index contributed by atoms with van der Waals surface area (Å²) in [5, 5.41) is 16.6. The highest BCUT2D eigenvalue weighted by atomic mass is 16.4. The number of rotatable bonds is 3. The van der Waals surface area contributed by atoms with Gasteiger partial charge in [0.2, 0.25) is 5.89 Å². The van der Waals surface area contributed by atoms with Crippen LogP contribution in [0.4, 0.5) is 0 Å². The Morgan fingerprint density at radius 3 is 2.65 bits per heavy atom. The standard InChI is InChI=1S/C11H13N3O3/c1-6-4-7(2)14(5-9(15)16)10(6)11-13-12-8(3)17-11/h4H,5H2,1-3H3,(H,15,16). The highest BCUT2D eigenvalue weighted by molar-refractivity contribution is 5.69. The maximum atomic E-state index is 10.8. The number of aromatic nitrogens is 3. The van der Waals surface area contributed by atoms with Gasteiger partial charge in [-0.3, -0.25) is 4.79 Å². The molecule has 2 aromatic heterocycles. The highest BCUT2D eigenvalue weighted by Crippen LogP contribution is 2.25. The molecule has 0 unspecified atom stereocenters. The van der Waals surface area contributed by atoms with Crippen molar-refractivity contribution in [2.45, 2.75) is 27.3 Å². The molecular weight excluding hydrogens is 222 g/mol. The second-order valence-corrected chi connectivity index (χ2v) is 3.92. The van der Waals surface area contributed by atoms with Crippen LogP contribution in [0.5, 0.6) is 0 Å². The molecule has 0 bridgehead atoms. The maximum Gasteiger partial charge on any atom is 0.323 e. The zero-order chi connectivity index (χ0) is 12.6. The Labute approximate surface area is 97.9 Å². The van der Waals surface area contributed by atoms with E-state index in [0.717, 1.165) is 11.3 Å². The first kappa shape index (κ1) is 11.4. The van der Waals surface area contributed by atoms with Gasteiger partial charge < -0.3 is 14.1 Å². The van der Waals surface area contributed by atoms with Crippen LogP contribution in [-0.2, 0) is 11.3 Å². The number of nitrogens with zero attached hydrogens (tertiary/aromatic N) is 3. The lowest BCUT2D eigenvalue weighted by molar-refractivity contribution is -0.137. The van der Waals surface area contributed by atoms with Crippen LogP contribution in [-0.4, -0.2) is 25.8 Å². The van der Waals surface area contributed by atoms with Crippen molar-refractivity contribution in [1.29, 1.82) is 0 Å². The van der Waals surface area contributed by atoms with E-state index in [1.54, 1.807) is 11.5 Å². The van der Waals surface area contributed by atoms with Crippen molar-refractivity contribution in [2.75, 3.05) is 0 Å². The van der Waals surface area contributed by atoms with Crippen LogP contribution in [0.25, 0.3) is 11.6 Å². The first-order chi connectivity index (χ1) is 7.99. The molecule has 0 atom stereocenters. The third-order valence-electron chi connectivity index (χ3n) is 2.52. The molecule has 0 radical (unpaired) electrons. The van der Waals surface area contributed by atoms with E-state index >= 15 is 0 Å². The van der Waals surface area contributed by atoms with Gasteiger partial charge in [0.15, 0.2) is 0 Å². The zero-order valence-electron chi connectivity index (χ0n) is 9.89. The molecule has 0 aliphatic heterocycles. The van der Waals surface area contributed by atoms with Gasteiger partial charge in [0.25, 0.3) is 5.89 Å². The van der Waals surface area contributed by atoms with E-state index < -0.39 is 5.97 Å². The smallest absolute Gasteiger partial charge is 0.323 e. The van der Waals surface area contributed by atoms with Crippen LogP contribution in [0.1, 0.15) is 17.1 Å². The van der Waals surface area contributed by atoms with Crippen LogP contribution in [0.15, 0.2) is 10.5 Å². The minimum absolute atomic E-state index is 0.115. The van der Waals surface area contributed by atoms with Gasteiger partial charge in [-0.15, -0.1) is 10.2 Å². The number of aliphatic carboxylic acids is 1. The van der Waals surface area contributed by atoms with Gasteiger partial charge in [0.1, 0.15) is 12.2 Å². The molecule has 2 heterocycles. The van der Waals surface area contributed by atoms with Gasteiger partial charge in [0.05, 0.1) is 0 Å². The van der Waals surface area contributed by atoms with Gasteiger partial charge in [-0.25, -0.2) is 0 Å². The predicted octanol–water partition coefficient (Wildman–Crippen LogP) is 1.55. The quantitative estimate of drug-likeness (QED) is 0.872. The summed E-state index contributed by atoms with van der Waals surface area (Å²) in [4.78, 5) is 10.8. The van der Waals surface area contributed by atoms with Crippen molar-refractivity contribution < 1.29 is 14.3 Å². The van der Waals surface area contributed by atoms with Gasteiger partial charge in [-0.05, 0) is 25.5 Å². The number of hydrogen-bond acceptors (Lipinski definition) is 4. The van der Waals surface area contributed by atoms with Crippen molar-refractivity contribution in [1.82, 2.24) is 14.8 Å². The summed E-state index contributed by atoms with van der Waals surface area (Å²) < 4.78 is 7.01. The fraction of sp³-hybridized carbons (Fsp3) is 0.364. The number of carbonyl (C=O) groups is 1. The van der Waals surface area contributed by atoms with Crippen molar-refractivity contribution in [2.24, 2.45) is 0 Å². The fourth-order valence-electron chi connectivity index (χ4n) is 1.86. The second-order valence-electron chi connectivity index (χ2n) is 3.92. The zero-order valence-corrected chi connectivity index (χ0v) is 9.89.